The number of nitrogens with zero attached hydrogens (tertiary/aromatic N) is 6. The summed E-state index contributed by atoms with van der Waals surface area (Å²) in [5, 5.41) is 11.0. The Morgan fingerprint density at radius 3 is 2.68 bits per heavy atom. The van der Waals surface area contributed by atoms with Crippen molar-refractivity contribution in [3.8, 4) is 5.75 Å². The molecule has 6 rings (SSSR count). The van der Waals surface area contributed by atoms with Crippen LogP contribution in [0.15, 0.2) is 83.4 Å². The average molecular weight is 505 g/mol. The van der Waals surface area contributed by atoms with Crippen LogP contribution in [-0.4, -0.2) is 45.7 Å². The number of aryl methyl sites for hydroxylation is 2. The van der Waals surface area contributed by atoms with E-state index < -0.39 is 0 Å². The molecule has 7 heteroatoms. The van der Waals surface area contributed by atoms with Gasteiger partial charge in [0.25, 0.3) is 0 Å². The molecule has 0 spiro atoms. The van der Waals surface area contributed by atoms with Gasteiger partial charge in [0.15, 0.2) is 5.82 Å². The second-order valence-electron chi connectivity index (χ2n) is 10.3. The van der Waals surface area contributed by atoms with Gasteiger partial charge in [-0.25, -0.2) is 9.97 Å². The van der Waals surface area contributed by atoms with Crippen molar-refractivity contribution in [1.29, 1.82) is 0 Å². The van der Waals surface area contributed by atoms with E-state index in [9.17, 15) is 0 Å². The monoisotopic (exact) mass is 504 g/mol. The Morgan fingerprint density at radius 2 is 1.82 bits per heavy atom. The van der Waals surface area contributed by atoms with Crippen LogP contribution in [0.4, 0.5) is 11.5 Å². The summed E-state index contributed by atoms with van der Waals surface area (Å²) in [5.74, 6) is 1.29. The largest absolute Gasteiger partial charge is 0.489 e. The molecule has 0 radical (unpaired) electrons. The van der Waals surface area contributed by atoms with Gasteiger partial charge in [0.1, 0.15) is 18.2 Å². The van der Waals surface area contributed by atoms with Crippen LogP contribution < -0.4 is 4.74 Å². The zero-order valence-corrected chi connectivity index (χ0v) is 22.1. The second kappa shape index (κ2) is 10.3. The molecule has 1 fully saturated rings. The smallest absolute Gasteiger partial charge is 0.189 e. The van der Waals surface area contributed by atoms with E-state index in [0.29, 0.717) is 5.82 Å². The molecule has 0 aliphatic carbocycles. The number of hydrogen-bond acceptors (Lipinski definition) is 6. The molecule has 5 aromatic rings. The summed E-state index contributed by atoms with van der Waals surface area (Å²) >= 11 is 0. The first-order chi connectivity index (χ1) is 18.5. The van der Waals surface area contributed by atoms with Crippen LogP contribution in [0, 0.1) is 13.8 Å². The SMILES string of the molecule is Cc1ccc(C)c(Cn2ccc3cc(N=Nc4ncnc5cccc(OC6CCN(C)CC6)c45)ccc32)c1. The molecule has 1 aliphatic rings. The molecule has 0 unspecified atom stereocenters. The van der Waals surface area contributed by atoms with Gasteiger partial charge in [-0.1, -0.05) is 29.8 Å². The molecule has 0 bridgehead atoms. The number of piperidine rings is 1. The zero-order chi connectivity index (χ0) is 26.1. The van der Waals surface area contributed by atoms with Crippen LogP contribution in [0.3, 0.4) is 0 Å². The quantitative estimate of drug-likeness (QED) is 0.231. The minimum Gasteiger partial charge on any atom is -0.489 e. The highest BCUT2D eigenvalue weighted by atomic mass is 16.5. The number of aromatic nitrogens is 3. The fourth-order valence-corrected chi connectivity index (χ4v) is 5.17. The fraction of sp³-hybridized carbons (Fsp3) is 0.290. The van der Waals surface area contributed by atoms with E-state index in [1.54, 1.807) is 0 Å². The van der Waals surface area contributed by atoms with E-state index in [-0.39, 0.29) is 6.10 Å². The van der Waals surface area contributed by atoms with Crippen molar-refractivity contribution in [3.05, 3.63) is 89.9 Å². The summed E-state index contributed by atoms with van der Waals surface area (Å²) in [5.41, 5.74) is 6.67. The van der Waals surface area contributed by atoms with Crippen molar-refractivity contribution >= 4 is 33.3 Å². The first-order valence-electron chi connectivity index (χ1n) is 13.2. The van der Waals surface area contributed by atoms with E-state index in [2.05, 4.69) is 93.2 Å². The van der Waals surface area contributed by atoms with E-state index >= 15 is 0 Å². The maximum atomic E-state index is 6.42. The molecule has 0 saturated carbocycles. The van der Waals surface area contributed by atoms with Crippen molar-refractivity contribution in [2.24, 2.45) is 10.2 Å². The zero-order valence-electron chi connectivity index (χ0n) is 22.1. The lowest BCUT2D eigenvalue weighted by atomic mass is 10.1. The molecule has 3 aromatic carbocycles. The number of azo groups is 1. The molecule has 7 nitrogen and oxygen atoms in total. The van der Waals surface area contributed by atoms with Crippen LogP contribution in [0.5, 0.6) is 5.75 Å². The van der Waals surface area contributed by atoms with Crippen LogP contribution >= 0.6 is 0 Å². The van der Waals surface area contributed by atoms with Crippen LogP contribution in [0.2, 0.25) is 0 Å². The average Bonchev–Trinajstić information content (AvgIpc) is 3.32. The normalized spacial score (nSPS) is 15.1. The number of ether oxygens (including phenoxy) is 1. The lowest BCUT2D eigenvalue weighted by molar-refractivity contribution is 0.116. The number of hydrogen-bond donors (Lipinski definition) is 0. The van der Waals surface area contributed by atoms with Gasteiger partial charge in [0.05, 0.1) is 16.6 Å². The molecular weight excluding hydrogens is 472 g/mol. The van der Waals surface area contributed by atoms with Gasteiger partial charge >= 0.3 is 0 Å². The third-order valence-electron chi connectivity index (χ3n) is 7.42. The summed E-state index contributed by atoms with van der Waals surface area (Å²) in [7, 11) is 2.15. The van der Waals surface area contributed by atoms with Crippen LogP contribution in [-0.2, 0) is 6.54 Å². The van der Waals surface area contributed by atoms with E-state index in [1.807, 2.05) is 24.3 Å². The van der Waals surface area contributed by atoms with Crippen molar-refractivity contribution in [2.75, 3.05) is 20.1 Å². The minimum atomic E-state index is 0.178. The lowest BCUT2D eigenvalue weighted by Gasteiger charge is -2.29. The number of likely N-dealkylation sites (tertiary alicyclic amines) is 1. The number of benzene rings is 3. The summed E-state index contributed by atoms with van der Waals surface area (Å²) in [6.45, 7) is 7.21. The topological polar surface area (TPSA) is 67.9 Å². The fourth-order valence-electron chi connectivity index (χ4n) is 5.17. The Labute approximate surface area is 222 Å². The van der Waals surface area contributed by atoms with E-state index in [0.717, 1.165) is 60.2 Å². The van der Waals surface area contributed by atoms with Gasteiger partial charge in [-0.05, 0) is 81.3 Å². The summed E-state index contributed by atoms with van der Waals surface area (Å²) < 4.78 is 8.70. The minimum absolute atomic E-state index is 0.178. The maximum absolute atomic E-state index is 6.42. The molecule has 1 aliphatic heterocycles. The molecule has 38 heavy (non-hydrogen) atoms. The summed E-state index contributed by atoms with van der Waals surface area (Å²) in [6.07, 6.45) is 5.85. The van der Waals surface area contributed by atoms with Crippen molar-refractivity contribution < 1.29 is 4.74 Å². The number of rotatable bonds is 6. The predicted octanol–water partition coefficient (Wildman–Crippen LogP) is 7.14. The molecule has 1 saturated heterocycles. The Morgan fingerprint density at radius 1 is 0.947 bits per heavy atom. The Bertz CT molecular complexity index is 1630. The van der Waals surface area contributed by atoms with E-state index in [1.165, 1.54) is 28.5 Å². The lowest BCUT2D eigenvalue weighted by Crippen LogP contribution is -2.35. The summed E-state index contributed by atoms with van der Waals surface area (Å²) in [6, 6.07) is 20.8. The predicted molar refractivity (Wildman–Crippen MR) is 152 cm³/mol. The third kappa shape index (κ3) is 5.02. The molecule has 0 N–H and O–H groups in total. The van der Waals surface area contributed by atoms with Gasteiger partial charge in [-0.3, -0.25) is 0 Å². The highest BCUT2D eigenvalue weighted by Crippen LogP contribution is 2.34. The molecule has 2 aromatic heterocycles. The van der Waals surface area contributed by atoms with Crippen LogP contribution in [0.25, 0.3) is 21.8 Å². The Balaban J connectivity index is 1.27. The molecule has 0 atom stereocenters. The molecular formula is C31H32N6O. The van der Waals surface area contributed by atoms with Gasteiger partial charge < -0.3 is 14.2 Å². The summed E-state index contributed by atoms with van der Waals surface area (Å²) in [4.78, 5) is 11.2. The first-order valence-corrected chi connectivity index (χ1v) is 13.2. The Hall–Kier alpha value is -4.10. The standard InChI is InChI=1S/C31H32N6O/c1-21-7-8-22(2)24(17-21)19-37-16-11-23-18-25(9-10-28(23)37)34-35-31-30-27(32-20-33-31)5-4-6-29(30)38-26-12-14-36(3)15-13-26/h4-11,16-18,20,26H,12-15,19H2,1-3H3. The first kappa shape index (κ1) is 24.2. The van der Waals surface area contributed by atoms with Gasteiger partial charge in [-0.15, -0.1) is 10.2 Å². The van der Waals surface area contributed by atoms with Crippen LogP contribution in [0.1, 0.15) is 29.5 Å². The number of fused-ring (bicyclic) bond motifs is 2. The second-order valence-corrected chi connectivity index (χ2v) is 10.3. The molecule has 192 valence electrons. The molecule has 0 amide bonds. The van der Waals surface area contributed by atoms with Crippen molar-refractivity contribution in [3.63, 3.8) is 0 Å². The third-order valence-corrected chi connectivity index (χ3v) is 7.42. The van der Waals surface area contributed by atoms with Crippen molar-refractivity contribution in [2.45, 2.75) is 39.3 Å². The van der Waals surface area contributed by atoms with Gasteiger partial charge in [-0.2, -0.15) is 0 Å². The van der Waals surface area contributed by atoms with Crippen molar-refractivity contribution in [1.82, 2.24) is 19.4 Å². The van der Waals surface area contributed by atoms with E-state index in [4.69, 9.17) is 4.74 Å². The molecule has 3 heterocycles. The van der Waals surface area contributed by atoms with Gasteiger partial charge in [0, 0.05) is 36.7 Å². The Kier molecular flexibility index (Phi) is 6.60. The highest BCUT2D eigenvalue weighted by molar-refractivity contribution is 5.93. The maximum Gasteiger partial charge on any atom is 0.189 e. The highest BCUT2D eigenvalue weighted by Gasteiger charge is 2.20. The van der Waals surface area contributed by atoms with Gasteiger partial charge in [0.2, 0.25) is 0 Å².